The van der Waals surface area contributed by atoms with Gasteiger partial charge in [-0.05, 0) is 55.0 Å². The van der Waals surface area contributed by atoms with Crippen molar-refractivity contribution in [1.29, 1.82) is 0 Å². The van der Waals surface area contributed by atoms with Crippen molar-refractivity contribution in [3.05, 3.63) is 102 Å². The minimum Gasteiger partial charge on any atom is -0.489 e. The lowest BCUT2D eigenvalue weighted by molar-refractivity contribution is 0.0950. The Morgan fingerprint density at radius 2 is 1.77 bits per heavy atom. The molecule has 0 aliphatic rings. The van der Waals surface area contributed by atoms with Crippen LogP contribution in [0.25, 0.3) is 11.3 Å². The maximum absolute atomic E-state index is 12.4. The van der Waals surface area contributed by atoms with E-state index in [1.165, 1.54) is 0 Å². The van der Waals surface area contributed by atoms with Gasteiger partial charge in [0.25, 0.3) is 5.91 Å². The lowest BCUT2D eigenvalue weighted by Crippen LogP contribution is -2.19. The number of carbonyl (C=O) groups is 1. The molecule has 154 valence electrons. The fourth-order valence-electron chi connectivity index (χ4n) is 2.90. The Kier molecular flexibility index (Phi) is 6.13. The number of H-pyrrole nitrogens is 1. The zero-order chi connectivity index (χ0) is 21.5. The summed E-state index contributed by atoms with van der Waals surface area (Å²) in [5.74, 6) is 0.400. The number of hydrazone groups is 1. The zero-order valence-corrected chi connectivity index (χ0v) is 16.9. The van der Waals surface area contributed by atoms with Gasteiger partial charge in [0, 0.05) is 23.5 Å². The maximum atomic E-state index is 12.4. The summed E-state index contributed by atoms with van der Waals surface area (Å²) < 4.78 is 5.81. The largest absolute Gasteiger partial charge is 0.489 e. The topological polar surface area (TPSA) is 92.3 Å². The number of amides is 1. The average molecular weight is 411 g/mol. The number of carbonyl (C=O) groups excluding carboxylic acids is 1. The van der Waals surface area contributed by atoms with Gasteiger partial charge < -0.3 is 4.74 Å². The molecule has 4 rings (SSSR count). The second-order valence-electron chi connectivity index (χ2n) is 6.84. The molecule has 0 radical (unpaired) electrons. The van der Waals surface area contributed by atoms with Gasteiger partial charge in [-0.25, -0.2) is 5.43 Å². The molecule has 2 aromatic carbocycles. The Morgan fingerprint density at radius 1 is 1.03 bits per heavy atom. The quantitative estimate of drug-likeness (QED) is 0.352. The molecule has 7 nitrogen and oxygen atoms in total. The first-order valence-corrected chi connectivity index (χ1v) is 9.76. The van der Waals surface area contributed by atoms with Gasteiger partial charge in [0.15, 0.2) is 0 Å². The first kappa shape index (κ1) is 20.0. The van der Waals surface area contributed by atoms with E-state index in [0.717, 1.165) is 22.4 Å². The summed E-state index contributed by atoms with van der Waals surface area (Å²) in [6.07, 6.45) is 3.35. The van der Waals surface area contributed by atoms with Crippen LogP contribution in [0.1, 0.15) is 28.5 Å². The molecule has 2 N–H and O–H groups in total. The van der Waals surface area contributed by atoms with Crippen LogP contribution in [0.15, 0.2) is 90.3 Å². The summed E-state index contributed by atoms with van der Waals surface area (Å²) in [7, 11) is 0. The van der Waals surface area contributed by atoms with Crippen molar-refractivity contribution in [2.75, 3.05) is 0 Å². The van der Waals surface area contributed by atoms with Crippen molar-refractivity contribution >= 4 is 11.6 Å². The number of hydrogen-bond acceptors (Lipinski definition) is 5. The van der Waals surface area contributed by atoms with Crippen LogP contribution in [0.2, 0.25) is 0 Å². The van der Waals surface area contributed by atoms with Crippen molar-refractivity contribution in [3.63, 3.8) is 0 Å². The standard InChI is InChI=1S/C24H21N5O2/c1-17(19-11-13-25-14-12-19)26-29-24(30)23-15-22(27-28-23)20-7-9-21(10-8-20)31-16-18-5-3-2-4-6-18/h2-15H,16H2,1H3,(H,27,28)(H,29,30). The van der Waals surface area contributed by atoms with Crippen LogP contribution in [0.5, 0.6) is 5.75 Å². The summed E-state index contributed by atoms with van der Waals surface area (Å²) in [4.78, 5) is 16.3. The molecule has 4 aromatic rings. The Morgan fingerprint density at radius 3 is 2.52 bits per heavy atom. The third-order valence-electron chi connectivity index (χ3n) is 4.64. The highest BCUT2D eigenvalue weighted by atomic mass is 16.5. The smallest absolute Gasteiger partial charge is 0.289 e. The van der Waals surface area contributed by atoms with Gasteiger partial charge in [0.05, 0.1) is 11.4 Å². The third-order valence-corrected chi connectivity index (χ3v) is 4.64. The van der Waals surface area contributed by atoms with Crippen molar-refractivity contribution in [3.8, 4) is 17.0 Å². The highest BCUT2D eigenvalue weighted by Gasteiger charge is 2.11. The fourth-order valence-corrected chi connectivity index (χ4v) is 2.90. The van der Waals surface area contributed by atoms with Gasteiger partial charge in [-0.2, -0.15) is 10.2 Å². The van der Waals surface area contributed by atoms with Crippen LogP contribution in [0, 0.1) is 0 Å². The van der Waals surface area contributed by atoms with E-state index >= 15 is 0 Å². The number of pyridine rings is 1. The molecule has 0 saturated heterocycles. The van der Waals surface area contributed by atoms with Crippen LogP contribution >= 0.6 is 0 Å². The molecular formula is C24H21N5O2. The number of aromatic amines is 1. The van der Waals surface area contributed by atoms with Crippen LogP contribution in [0.4, 0.5) is 0 Å². The Bertz CT molecular complexity index is 1170. The number of nitrogens with zero attached hydrogens (tertiary/aromatic N) is 3. The highest BCUT2D eigenvalue weighted by molar-refractivity contribution is 6.00. The summed E-state index contributed by atoms with van der Waals surface area (Å²) in [5, 5.41) is 11.1. The molecule has 0 aliphatic heterocycles. The van der Waals surface area contributed by atoms with E-state index in [-0.39, 0.29) is 5.91 Å². The Labute approximate surface area is 179 Å². The van der Waals surface area contributed by atoms with Gasteiger partial charge in [-0.3, -0.25) is 14.9 Å². The van der Waals surface area contributed by atoms with Crippen LogP contribution < -0.4 is 10.2 Å². The molecule has 31 heavy (non-hydrogen) atoms. The average Bonchev–Trinajstić information content (AvgIpc) is 3.33. The van der Waals surface area contributed by atoms with Crippen molar-refractivity contribution in [2.24, 2.45) is 5.10 Å². The monoisotopic (exact) mass is 411 g/mol. The summed E-state index contributed by atoms with van der Waals surface area (Å²) in [6.45, 7) is 2.32. The lowest BCUT2D eigenvalue weighted by Gasteiger charge is -2.06. The van der Waals surface area contributed by atoms with Crippen molar-refractivity contribution in [1.82, 2.24) is 20.6 Å². The van der Waals surface area contributed by atoms with E-state index in [2.05, 4.69) is 25.7 Å². The lowest BCUT2D eigenvalue weighted by atomic mass is 10.1. The molecule has 7 heteroatoms. The van der Waals surface area contributed by atoms with Crippen molar-refractivity contribution in [2.45, 2.75) is 13.5 Å². The maximum Gasteiger partial charge on any atom is 0.289 e. The van der Waals surface area contributed by atoms with E-state index in [1.54, 1.807) is 18.5 Å². The molecule has 0 spiro atoms. The number of aromatic nitrogens is 3. The summed E-state index contributed by atoms with van der Waals surface area (Å²) in [6, 6.07) is 22.9. The molecule has 0 saturated carbocycles. The number of ether oxygens (including phenoxy) is 1. The second kappa shape index (κ2) is 9.49. The molecule has 0 atom stereocenters. The van der Waals surface area contributed by atoms with Gasteiger partial charge in [-0.1, -0.05) is 30.3 Å². The van der Waals surface area contributed by atoms with Crippen molar-refractivity contribution < 1.29 is 9.53 Å². The first-order valence-electron chi connectivity index (χ1n) is 9.76. The van der Waals surface area contributed by atoms with E-state index in [0.29, 0.717) is 23.7 Å². The second-order valence-corrected chi connectivity index (χ2v) is 6.84. The number of nitrogens with one attached hydrogen (secondary N) is 2. The molecule has 0 unspecified atom stereocenters. The SMILES string of the molecule is CC(=NNC(=O)c1cc(-c2ccc(OCc3ccccc3)cc2)n[nH]1)c1ccncc1. The Hall–Kier alpha value is -4.26. The van der Waals surface area contributed by atoms with Crippen LogP contribution in [-0.4, -0.2) is 26.8 Å². The van der Waals surface area contributed by atoms with Gasteiger partial charge in [0.1, 0.15) is 18.1 Å². The molecule has 0 bridgehead atoms. The third kappa shape index (κ3) is 5.22. The van der Waals surface area contributed by atoms with E-state index in [4.69, 9.17) is 4.74 Å². The number of rotatable bonds is 7. The van der Waals surface area contributed by atoms with E-state index < -0.39 is 0 Å². The minimum atomic E-state index is -0.366. The van der Waals surface area contributed by atoms with E-state index in [9.17, 15) is 4.79 Å². The van der Waals surface area contributed by atoms with Gasteiger partial charge in [0.2, 0.25) is 0 Å². The number of hydrogen-bond donors (Lipinski definition) is 2. The Balaban J connectivity index is 1.37. The molecule has 2 aromatic heterocycles. The number of benzene rings is 2. The van der Waals surface area contributed by atoms with Gasteiger partial charge >= 0.3 is 0 Å². The van der Waals surface area contributed by atoms with Gasteiger partial charge in [-0.15, -0.1) is 0 Å². The van der Waals surface area contributed by atoms with Crippen LogP contribution in [0.3, 0.4) is 0 Å². The molecular weight excluding hydrogens is 390 g/mol. The molecule has 2 heterocycles. The summed E-state index contributed by atoms with van der Waals surface area (Å²) in [5.41, 5.74) is 7.08. The molecule has 1 amide bonds. The normalized spacial score (nSPS) is 11.2. The molecule has 0 aliphatic carbocycles. The zero-order valence-electron chi connectivity index (χ0n) is 16.9. The highest BCUT2D eigenvalue weighted by Crippen LogP contribution is 2.22. The predicted octanol–water partition coefficient (Wildman–Crippen LogP) is 4.20. The van der Waals surface area contributed by atoms with Crippen LogP contribution in [-0.2, 0) is 6.61 Å². The summed E-state index contributed by atoms with van der Waals surface area (Å²) >= 11 is 0. The molecule has 0 fully saturated rings. The fraction of sp³-hybridized carbons (Fsp3) is 0.0833. The predicted molar refractivity (Wildman–Crippen MR) is 119 cm³/mol. The van der Waals surface area contributed by atoms with E-state index in [1.807, 2.05) is 73.7 Å². The first-order chi connectivity index (χ1) is 15.2. The minimum absolute atomic E-state index is 0.325.